The van der Waals surface area contributed by atoms with Gasteiger partial charge in [-0.3, -0.25) is 0 Å². The predicted octanol–water partition coefficient (Wildman–Crippen LogP) is 2.34. The molecule has 28 heavy (non-hydrogen) atoms. The third-order valence-corrected chi connectivity index (χ3v) is 4.74. The summed E-state index contributed by atoms with van der Waals surface area (Å²) in [6.07, 6.45) is -2.55. The maximum absolute atomic E-state index is 12.3. The number of hydrogen-bond acceptors (Lipinski definition) is 6. The molecule has 2 N–H and O–H groups in total. The molecular weight excluding hydrogens is 384 g/mol. The summed E-state index contributed by atoms with van der Waals surface area (Å²) < 4.78 is 10.5. The van der Waals surface area contributed by atoms with E-state index in [-0.39, 0.29) is 17.7 Å². The van der Waals surface area contributed by atoms with E-state index in [1.165, 1.54) is 6.08 Å². The number of alkyl halides is 1. The van der Waals surface area contributed by atoms with Gasteiger partial charge >= 0.3 is 11.9 Å². The third kappa shape index (κ3) is 4.59. The molecular formula is C21H19ClO6. The summed E-state index contributed by atoms with van der Waals surface area (Å²) in [6, 6.07) is 16.6. The lowest BCUT2D eigenvalue weighted by molar-refractivity contribution is -0.0688. The van der Waals surface area contributed by atoms with Gasteiger partial charge in [0.15, 0.2) is 6.10 Å². The van der Waals surface area contributed by atoms with Crippen LogP contribution in [0.1, 0.15) is 20.7 Å². The third-order valence-electron chi connectivity index (χ3n) is 4.36. The van der Waals surface area contributed by atoms with E-state index in [0.717, 1.165) is 0 Å². The van der Waals surface area contributed by atoms with Crippen LogP contribution in [0, 0.1) is 0 Å². The average molecular weight is 403 g/mol. The van der Waals surface area contributed by atoms with Gasteiger partial charge in [0.1, 0.15) is 18.8 Å². The summed E-state index contributed by atoms with van der Waals surface area (Å²) in [4.78, 5) is 24.4. The summed E-state index contributed by atoms with van der Waals surface area (Å²) in [7, 11) is 0. The van der Waals surface area contributed by atoms with E-state index in [1.807, 2.05) is 0 Å². The highest BCUT2D eigenvalue weighted by Gasteiger charge is 2.41. The van der Waals surface area contributed by atoms with Crippen molar-refractivity contribution >= 4 is 23.5 Å². The number of esters is 2. The van der Waals surface area contributed by atoms with Crippen LogP contribution in [0.25, 0.3) is 0 Å². The number of hydrogen-bond donors (Lipinski definition) is 2. The van der Waals surface area contributed by atoms with Gasteiger partial charge in [0.05, 0.1) is 16.5 Å². The molecule has 0 radical (unpaired) electrons. The number of aliphatic hydroxyl groups is 2. The quantitative estimate of drug-likeness (QED) is 0.453. The Bertz CT molecular complexity index is 852. The monoisotopic (exact) mass is 402 g/mol. The fourth-order valence-corrected chi connectivity index (χ4v) is 3.13. The van der Waals surface area contributed by atoms with Crippen LogP contribution in [0.3, 0.4) is 0 Å². The Hall–Kier alpha value is -2.67. The van der Waals surface area contributed by atoms with E-state index in [9.17, 15) is 19.8 Å². The maximum Gasteiger partial charge on any atom is 0.338 e. The second-order valence-electron chi connectivity index (χ2n) is 6.30. The minimum Gasteiger partial charge on any atom is -0.457 e. The first-order valence-corrected chi connectivity index (χ1v) is 9.10. The largest absolute Gasteiger partial charge is 0.457 e. The molecule has 0 spiro atoms. The van der Waals surface area contributed by atoms with Gasteiger partial charge in [0, 0.05) is 0 Å². The molecule has 1 aliphatic carbocycles. The molecule has 1 aliphatic rings. The molecule has 2 aromatic rings. The molecule has 0 bridgehead atoms. The van der Waals surface area contributed by atoms with Gasteiger partial charge in [-0.1, -0.05) is 42.5 Å². The Kier molecular flexibility index (Phi) is 6.46. The van der Waals surface area contributed by atoms with Crippen molar-refractivity contribution in [2.45, 2.75) is 23.7 Å². The molecule has 3 rings (SSSR count). The number of rotatable bonds is 5. The second kappa shape index (κ2) is 9.01. The Morgan fingerprint density at radius 1 is 0.893 bits per heavy atom. The molecule has 146 valence electrons. The highest BCUT2D eigenvalue weighted by atomic mass is 35.5. The molecule has 0 aliphatic heterocycles. The zero-order chi connectivity index (χ0) is 20.1. The lowest BCUT2D eigenvalue weighted by Gasteiger charge is -2.34. The lowest BCUT2D eigenvalue weighted by atomic mass is 9.91. The minimum atomic E-state index is -1.36. The van der Waals surface area contributed by atoms with Gasteiger partial charge in [-0.15, -0.1) is 11.6 Å². The summed E-state index contributed by atoms with van der Waals surface area (Å²) in [6.45, 7) is -0.246. The molecule has 0 fully saturated rings. The minimum absolute atomic E-state index is 0.246. The summed E-state index contributed by atoms with van der Waals surface area (Å²) in [5, 5.41) is 19.9. The topological polar surface area (TPSA) is 93.1 Å². The molecule has 0 heterocycles. The zero-order valence-electron chi connectivity index (χ0n) is 14.8. The van der Waals surface area contributed by atoms with E-state index in [4.69, 9.17) is 21.1 Å². The van der Waals surface area contributed by atoms with Gasteiger partial charge < -0.3 is 19.7 Å². The molecule has 0 aromatic heterocycles. The van der Waals surface area contributed by atoms with Crippen LogP contribution in [-0.4, -0.2) is 52.4 Å². The van der Waals surface area contributed by atoms with Gasteiger partial charge in [0.2, 0.25) is 0 Å². The molecule has 4 atom stereocenters. The number of aliphatic hydroxyl groups excluding tert-OH is 2. The van der Waals surface area contributed by atoms with E-state index in [1.54, 1.807) is 60.7 Å². The molecule has 0 amide bonds. The van der Waals surface area contributed by atoms with Crippen LogP contribution in [0.15, 0.2) is 72.3 Å². The van der Waals surface area contributed by atoms with Crippen molar-refractivity contribution in [3.05, 3.63) is 83.4 Å². The molecule has 0 unspecified atom stereocenters. The normalized spacial score (nSPS) is 24.2. The van der Waals surface area contributed by atoms with E-state index < -0.39 is 35.6 Å². The van der Waals surface area contributed by atoms with Gasteiger partial charge in [-0.2, -0.15) is 0 Å². The first kappa shape index (κ1) is 20.1. The van der Waals surface area contributed by atoms with Gasteiger partial charge in [-0.25, -0.2) is 9.59 Å². The fourth-order valence-electron chi connectivity index (χ4n) is 2.82. The van der Waals surface area contributed by atoms with Crippen molar-refractivity contribution in [2.24, 2.45) is 0 Å². The Labute approximate surface area is 167 Å². The molecule has 7 heteroatoms. The first-order chi connectivity index (χ1) is 13.5. The van der Waals surface area contributed by atoms with E-state index in [2.05, 4.69) is 0 Å². The molecule has 2 aromatic carbocycles. The molecule has 6 nitrogen and oxygen atoms in total. The first-order valence-electron chi connectivity index (χ1n) is 8.66. The van der Waals surface area contributed by atoms with Crippen molar-refractivity contribution in [3.8, 4) is 0 Å². The number of halogens is 1. The number of benzene rings is 2. The Balaban J connectivity index is 1.68. The summed E-state index contributed by atoms with van der Waals surface area (Å²) >= 11 is 6.11. The van der Waals surface area contributed by atoms with Crippen molar-refractivity contribution in [1.82, 2.24) is 0 Å². The highest BCUT2D eigenvalue weighted by Crippen LogP contribution is 2.27. The smallest absolute Gasteiger partial charge is 0.338 e. The van der Waals surface area contributed by atoms with E-state index >= 15 is 0 Å². The van der Waals surface area contributed by atoms with Gasteiger partial charge in [-0.05, 0) is 29.8 Å². The highest BCUT2D eigenvalue weighted by molar-refractivity contribution is 6.22. The summed E-state index contributed by atoms with van der Waals surface area (Å²) in [5.74, 6) is -1.26. The van der Waals surface area contributed by atoms with Crippen molar-refractivity contribution in [2.75, 3.05) is 6.61 Å². The van der Waals surface area contributed by atoms with Crippen LogP contribution in [-0.2, 0) is 9.47 Å². The van der Waals surface area contributed by atoms with Crippen molar-refractivity contribution in [3.63, 3.8) is 0 Å². The van der Waals surface area contributed by atoms with E-state index in [0.29, 0.717) is 5.56 Å². The second-order valence-corrected chi connectivity index (χ2v) is 6.80. The van der Waals surface area contributed by atoms with Crippen molar-refractivity contribution in [1.29, 1.82) is 0 Å². The standard InChI is InChI=1S/C21H19ClO6/c22-16-11-15(12-27-20(25)13-7-3-1-4-8-13)17(23)19(18(16)24)28-21(26)14-9-5-2-6-10-14/h1-11,16-19,23-24H,12H2/t16-,17+,18+,19-/m0/s1. The average Bonchev–Trinajstić information content (AvgIpc) is 2.73. The molecule has 0 saturated heterocycles. The van der Waals surface area contributed by atoms with Gasteiger partial charge in [0.25, 0.3) is 0 Å². The zero-order valence-corrected chi connectivity index (χ0v) is 15.5. The fraction of sp³-hybridized carbons (Fsp3) is 0.238. The number of carbonyl (C=O) groups excluding carboxylic acids is 2. The molecule has 0 saturated carbocycles. The lowest BCUT2D eigenvalue weighted by Crippen LogP contribution is -2.50. The Morgan fingerprint density at radius 3 is 2.00 bits per heavy atom. The van der Waals surface area contributed by atoms with Crippen LogP contribution >= 0.6 is 11.6 Å². The van der Waals surface area contributed by atoms with Crippen molar-refractivity contribution < 1.29 is 29.3 Å². The van der Waals surface area contributed by atoms with Crippen LogP contribution < -0.4 is 0 Å². The maximum atomic E-state index is 12.3. The van der Waals surface area contributed by atoms with Crippen LogP contribution in [0.4, 0.5) is 0 Å². The number of ether oxygens (including phenoxy) is 2. The van der Waals surface area contributed by atoms with Crippen LogP contribution in [0.5, 0.6) is 0 Å². The number of carbonyl (C=O) groups is 2. The predicted molar refractivity (Wildman–Crippen MR) is 102 cm³/mol. The van der Waals surface area contributed by atoms with Crippen LogP contribution in [0.2, 0.25) is 0 Å². The SMILES string of the molecule is O=C(OCC1=C[C@H](Cl)[C@@H](O)[C@@H](OC(=O)c2ccccc2)[C@@H]1O)c1ccccc1. The Morgan fingerprint density at radius 2 is 1.43 bits per heavy atom. The summed E-state index contributed by atoms with van der Waals surface area (Å²) in [5.41, 5.74) is 0.892.